The van der Waals surface area contributed by atoms with Crippen LogP contribution in [0.1, 0.15) is 38.7 Å². The first kappa shape index (κ1) is 17.5. The Hall–Kier alpha value is -1.81. The summed E-state index contributed by atoms with van der Waals surface area (Å²) < 4.78 is 10.4. The van der Waals surface area contributed by atoms with E-state index in [9.17, 15) is 4.79 Å². The zero-order chi connectivity index (χ0) is 16.7. The fourth-order valence-electron chi connectivity index (χ4n) is 2.60. The smallest absolute Gasteiger partial charge is 0.308 e. The van der Waals surface area contributed by atoms with Crippen molar-refractivity contribution >= 4 is 12.0 Å². The van der Waals surface area contributed by atoms with Gasteiger partial charge in [-0.3, -0.25) is 9.69 Å². The second kappa shape index (κ2) is 8.73. The van der Waals surface area contributed by atoms with Crippen LogP contribution in [0.3, 0.4) is 0 Å². The third-order valence-electron chi connectivity index (χ3n) is 3.87. The maximum absolute atomic E-state index is 11.1. The Morgan fingerprint density at radius 2 is 2.13 bits per heavy atom. The molecule has 0 aliphatic heterocycles. The molecule has 1 aliphatic rings. The Morgan fingerprint density at radius 3 is 2.74 bits per heavy atom. The molecular weight excluding hydrogens is 290 g/mol. The SMILES string of the molecule is CCCN(C/C=C/c1ccc(OC(C)=O)c(OC)c1)CC1CC1. The van der Waals surface area contributed by atoms with Crippen molar-refractivity contribution in [3.8, 4) is 11.5 Å². The Labute approximate surface area is 139 Å². The van der Waals surface area contributed by atoms with Gasteiger partial charge in [-0.15, -0.1) is 0 Å². The first-order chi connectivity index (χ1) is 11.1. The monoisotopic (exact) mass is 317 g/mol. The maximum Gasteiger partial charge on any atom is 0.308 e. The van der Waals surface area contributed by atoms with E-state index >= 15 is 0 Å². The molecule has 0 N–H and O–H groups in total. The van der Waals surface area contributed by atoms with Gasteiger partial charge in [-0.25, -0.2) is 0 Å². The summed E-state index contributed by atoms with van der Waals surface area (Å²) in [4.78, 5) is 13.6. The van der Waals surface area contributed by atoms with Gasteiger partial charge >= 0.3 is 5.97 Å². The molecule has 1 aromatic rings. The largest absolute Gasteiger partial charge is 0.493 e. The fourth-order valence-corrected chi connectivity index (χ4v) is 2.60. The number of benzene rings is 1. The Morgan fingerprint density at radius 1 is 1.35 bits per heavy atom. The highest BCUT2D eigenvalue weighted by molar-refractivity contribution is 5.71. The van der Waals surface area contributed by atoms with Crippen molar-refractivity contribution in [3.63, 3.8) is 0 Å². The predicted molar refractivity (Wildman–Crippen MR) is 92.8 cm³/mol. The van der Waals surface area contributed by atoms with Gasteiger partial charge in [0.15, 0.2) is 11.5 Å². The Kier molecular flexibility index (Phi) is 6.66. The zero-order valence-corrected chi connectivity index (χ0v) is 14.4. The molecule has 1 aliphatic carbocycles. The molecule has 23 heavy (non-hydrogen) atoms. The number of hydrogen-bond donors (Lipinski definition) is 0. The van der Waals surface area contributed by atoms with Gasteiger partial charge in [-0.2, -0.15) is 0 Å². The lowest BCUT2D eigenvalue weighted by molar-refractivity contribution is -0.132. The number of nitrogens with zero attached hydrogens (tertiary/aromatic N) is 1. The van der Waals surface area contributed by atoms with E-state index in [2.05, 4.69) is 24.0 Å². The van der Waals surface area contributed by atoms with E-state index in [1.165, 1.54) is 32.7 Å². The van der Waals surface area contributed by atoms with Gasteiger partial charge < -0.3 is 9.47 Å². The third kappa shape index (κ3) is 6.06. The topological polar surface area (TPSA) is 38.8 Å². The average molecular weight is 317 g/mol. The first-order valence-electron chi connectivity index (χ1n) is 8.37. The number of carbonyl (C=O) groups excluding carboxylic acids is 1. The van der Waals surface area contributed by atoms with E-state index in [0.29, 0.717) is 11.5 Å². The standard InChI is InChI=1S/C19H27NO3/c1-4-11-20(14-17-7-8-17)12-5-6-16-9-10-18(23-15(2)21)19(13-16)22-3/h5-6,9-10,13,17H,4,7-8,11-12,14H2,1-3H3/b6-5+. The molecular formula is C19H27NO3. The van der Waals surface area contributed by atoms with Crippen molar-refractivity contribution in [3.05, 3.63) is 29.8 Å². The summed E-state index contributed by atoms with van der Waals surface area (Å²) in [6, 6.07) is 5.59. The van der Waals surface area contributed by atoms with Crippen molar-refractivity contribution in [2.75, 3.05) is 26.7 Å². The van der Waals surface area contributed by atoms with Crippen molar-refractivity contribution < 1.29 is 14.3 Å². The van der Waals surface area contributed by atoms with Crippen molar-refractivity contribution in [2.45, 2.75) is 33.1 Å². The molecule has 0 aromatic heterocycles. The molecule has 1 fully saturated rings. The average Bonchev–Trinajstić information content (AvgIpc) is 3.32. The molecule has 4 heteroatoms. The van der Waals surface area contributed by atoms with Crippen LogP contribution in [-0.2, 0) is 4.79 Å². The second-order valence-corrected chi connectivity index (χ2v) is 6.11. The van der Waals surface area contributed by atoms with E-state index in [-0.39, 0.29) is 5.97 Å². The van der Waals surface area contributed by atoms with Crippen LogP contribution in [0.5, 0.6) is 11.5 Å². The van der Waals surface area contributed by atoms with Crippen LogP contribution in [0.4, 0.5) is 0 Å². The maximum atomic E-state index is 11.1. The molecule has 0 atom stereocenters. The van der Waals surface area contributed by atoms with Crippen LogP contribution in [0.2, 0.25) is 0 Å². The summed E-state index contributed by atoms with van der Waals surface area (Å²) in [6.07, 6.45) is 8.25. The third-order valence-corrected chi connectivity index (χ3v) is 3.87. The summed E-state index contributed by atoms with van der Waals surface area (Å²) in [7, 11) is 1.58. The molecule has 0 saturated heterocycles. The molecule has 0 spiro atoms. The van der Waals surface area contributed by atoms with E-state index < -0.39 is 0 Å². The molecule has 1 saturated carbocycles. The zero-order valence-electron chi connectivity index (χ0n) is 14.4. The van der Waals surface area contributed by atoms with E-state index in [4.69, 9.17) is 9.47 Å². The van der Waals surface area contributed by atoms with Gasteiger partial charge in [0.05, 0.1) is 7.11 Å². The Balaban J connectivity index is 1.96. The van der Waals surface area contributed by atoms with Crippen LogP contribution in [0.25, 0.3) is 6.08 Å². The highest BCUT2D eigenvalue weighted by Gasteiger charge is 2.23. The number of methoxy groups -OCH3 is 1. The van der Waals surface area contributed by atoms with Crippen LogP contribution in [-0.4, -0.2) is 37.6 Å². The van der Waals surface area contributed by atoms with Gasteiger partial charge in [0.25, 0.3) is 0 Å². The highest BCUT2D eigenvalue weighted by Crippen LogP contribution is 2.30. The summed E-state index contributed by atoms with van der Waals surface area (Å²) in [5, 5.41) is 0. The molecule has 2 rings (SSSR count). The number of esters is 1. The lowest BCUT2D eigenvalue weighted by atomic mass is 10.2. The van der Waals surface area contributed by atoms with Crippen molar-refractivity contribution in [1.82, 2.24) is 4.90 Å². The van der Waals surface area contributed by atoms with Crippen LogP contribution < -0.4 is 9.47 Å². The normalized spacial score (nSPS) is 14.4. The predicted octanol–water partition coefficient (Wildman–Crippen LogP) is 3.76. The molecule has 0 unspecified atom stereocenters. The summed E-state index contributed by atoms with van der Waals surface area (Å²) in [5.41, 5.74) is 1.04. The number of hydrogen-bond acceptors (Lipinski definition) is 4. The lowest BCUT2D eigenvalue weighted by Gasteiger charge is -2.19. The minimum absolute atomic E-state index is 0.345. The van der Waals surface area contributed by atoms with Gasteiger partial charge in [0, 0.05) is 20.0 Å². The molecule has 1 aromatic carbocycles. The van der Waals surface area contributed by atoms with Crippen LogP contribution >= 0.6 is 0 Å². The molecule has 0 radical (unpaired) electrons. The summed E-state index contributed by atoms with van der Waals surface area (Å²) in [5.74, 6) is 1.60. The van der Waals surface area contributed by atoms with Crippen LogP contribution in [0.15, 0.2) is 24.3 Å². The first-order valence-corrected chi connectivity index (χ1v) is 8.37. The highest BCUT2D eigenvalue weighted by atomic mass is 16.6. The van der Waals surface area contributed by atoms with Gasteiger partial charge in [-0.05, 0) is 49.4 Å². The van der Waals surface area contributed by atoms with Gasteiger partial charge in [-0.1, -0.05) is 25.1 Å². The van der Waals surface area contributed by atoms with Crippen molar-refractivity contribution in [2.24, 2.45) is 5.92 Å². The van der Waals surface area contributed by atoms with E-state index in [1.54, 1.807) is 13.2 Å². The van der Waals surface area contributed by atoms with E-state index in [1.807, 2.05) is 12.1 Å². The quantitative estimate of drug-likeness (QED) is 0.513. The summed E-state index contributed by atoms with van der Waals surface area (Å²) >= 11 is 0. The number of carbonyl (C=O) groups is 1. The molecule has 0 amide bonds. The Bertz CT molecular complexity index is 550. The minimum Gasteiger partial charge on any atom is -0.493 e. The molecule has 126 valence electrons. The molecule has 4 nitrogen and oxygen atoms in total. The van der Waals surface area contributed by atoms with Gasteiger partial charge in [0.2, 0.25) is 0 Å². The van der Waals surface area contributed by atoms with Gasteiger partial charge in [0.1, 0.15) is 0 Å². The minimum atomic E-state index is -0.345. The van der Waals surface area contributed by atoms with E-state index in [0.717, 1.165) is 24.6 Å². The molecule has 0 heterocycles. The second-order valence-electron chi connectivity index (χ2n) is 6.11. The fraction of sp³-hybridized carbons (Fsp3) is 0.526. The van der Waals surface area contributed by atoms with Crippen molar-refractivity contribution in [1.29, 1.82) is 0 Å². The lowest BCUT2D eigenvalue weighted by Crippen LogP contribution is -2.26. The number of rotatable bonds is 9. The van der Waals surface area contributed by atoms with Crippen LogP contribution in [0, 0.1) is 5.92 Å². The number of ether oxygens (including phenoxy) is 2. The summed E-state index contributed by atoms with van der Waals surface area (Å²) in [6.45, 7) is 6.94. The molecule has 0 bridgehead atoms.